The number of halogens is 1. The maximum atomic E-state index is 13.8. The Bertz CT molecular complexity index is 1080. The van der Waals surface area contributed by atoms with Gasteiger partial charge in [0.15, 0.2) is 11.6 Å². The van der Waals surface area contributed by atoms with Gasteiger partial charge in [0.1, 0.15) is 17.7 Å². The van der Waals surface area contributed by atoms with Gasteiger partial charge in [-0.3, -0.25) is 4.68 Å². The first-order valence-electron chi connectivity index (χ1n) is 10.3. The molecule has 2 atom stereocenters. The van der Waals surface area contributed by atoms with E-state index in [-0.39, 0.29) is 24.0 Å². The molecule has 0 amide bonds. The Kier molecular flexibility index (Phi) is 6.20. The van der Waals surface area contributed by atoms with Crippen LogP contribution in [-0.2, 0) is 11.3 Å². The monoisotopic (exact) mass is 428 g/mol. The number of aromatic carboxylic acids is 1. The van der Waals surface area contributed by atoms with E-state index in [2.05, 4.69) is 5.10 Å². The van der Waals surface area contributed by atoms with Crippen LogP contribution in [-0.4, -0.2) is 45.3 Å². The maximum Gasteiger partial charge on any atom is 0.337 e. The number of carboxylic acids is 1. The molecule has 0 aliphatic heterocycles. The Morgan fingerprint density at radius 3 is 2.77 bits per heavy atom. The molecule has 3 aromatic rings. The molecule has 1 saturated carbocycles. The third-order valence-electron chi connectivity index (χ3n) is 5.72. The Morgan fingerprint density at radius 2 is 2.06 bits per heavy atom. The lowest BCUT2D eigenvalue weighted by atomic mass is 10.0. The second-order valence-electron chi connectivity index (χ2n) is 7.82. The van der Waals surface area contributed by atoms with Gasteiger partial charge in [-0.1, -0.05) is 31.0 Å². The second-order valence-corrected chi connectivity index (χ2v) is 7.82. The van der Waals surface area contributed by atoms with E-state index in [1.807, 2.05) is 0 Å². The molecule has 0 radical (unpaired) electrons. The lowest BCUT2D eigenvalue weighted by Crippen LogP contribution is -2.31. The van der Waals surface area contributed by atoms with Crippen LogP contribution >= 0.6 is 0 Å². The van der Waals surface area contributed by atoms with E-state index in [9.17, 15) is 19.4 Å². The zero-order valence-corrected chi connectivity index (χ0v) is 17.2. The lowest BCUT2D eigenvalue weighted by Gasteiger charge is -2.27. The van der Waals surface area contributed by atoms with Crippen LogP contribution in [0.3, 0.4) is 0 Å². The number of methoxy groups -OCH3 is 1. The molecule has 2 N–H and O–H groups in total. The van der Waals surface area contributed by atoms with Crippen molar-refractivity contribution in [2.45, 2.75) is 50.5 Å². The van der Waals surface area contributed by atoms with Gasteiger partial charge < -0.3 is 19.7 Å². The summed E-state index contributed by atoms with van der Waals surface area (Å²) in [7, 11) is 1.37. The second kappa shape index (κ2) is 9.03. The summed E-state index contributed by atoms with van der Waals surface area (Å²) in [5.41, 5.74) is 0.977. The number of hydrogen-bond donors (Lipinski definition) is 2. The molecule has 0 bridgehead atoms. The topological polar surface area (TPSA) is 93.8 Å². The van der Waals surface area contributed by atoms with Gasteiger partial charge in [0.25, 0.3) is 0 Å². The van der Waals surface area contributed by atoms with Crippen molar-refractivity contribution < 1.29 is 28.9 Å². The van der Waals surface area contributed by atoms with Crippen molar-refractivity contribution in [2.24, 2.45) is 0 Å². The molecule has 7 nitrogen and oxygen atoms in total. The first kappa shape index (κ1) is 21.3. The fourth-order valence-corrected chi connectivity index (χ4v) is 4.11. The van der Waals surface area contributed by atoms with Crippen molar-refractivity contribution in [1.29, 1.82) is 0 Å². The van der Waals surface area contributed by atoms with Crippen LogP contribution in [0.5, 0.6) is 5.75 Å². The molecular weight excluding hydrogens is 403 g/mol. The zero-order valence-electron chi connectivity index (χ0n) is 17.2. The number of aliphatic hydroxyl groups is 1. The number of carboxylic acid groups (broad SMARTS) is 1. The number of rotatable bonds is 8. The van der Waals surface area contributed by atoms with Gasteiger partial charge in [-0.25, -0.2) is 9.18 Å². The molecule has 164 valence electrons. The minimum Gasteiger partial charge on any atom is -0.494 e. The highest BCUT2D eigenvalue weighted by atomic mass is 19.1. The summed E-state index contributed by atoms with van der Waals surface area (Å²) in [6.07, 6.45) is 4.06. The van der Waals surface area contributed by atoms with E-state index >= 15 is 0 Å². The van der Waals surface area contributed by atoms with Gasteiger partial charge in [-0.05, 0) is 36.6 Å². The molecule has 1 aliphatic rings. The maximum absolute atomic E-state index is 13.8. The summed E-state index contributed by atoms with van der Waals surface area (Å²) in [6.45, 7) is 0.213. The van der Waals surface area contributed by atoms with Gasteiger partial charge in [0.2, 0.25) is 0 Å². The molecule has 0 saturated heterocycles. The highest BCUT2D eigenvalue weighted by molar-refractivity contribution is 6.01. The van der Waals surface area contributed by atoms with Crippen LogP contribution in [0.4, 0.5) is 4.39 Å². The van der Waals surface area contributed by atoms with Crippen LogP contribution in [0.15, 0.2) is 42.6 Å². The minimum atomic E-state index is -1.05. The normalized spacial score (nSPS) is 16.5. The molecule has 31 heavy (non-hydrogen) atoms. The highest BCUT2D eigenvalue weighted by Crippen LogP contribution is 2.30. The fraction of sp³-hybridized carbons (Fsp3) is 0.391. The van der Waals surface area contributed by atoms with Gasteiger partial charge in [0.05, 0.1) is 25.3 Å². The molecule has 1 aliphatic carbocycles. The number of aromatic nitrogens is 2. The van der Waals surface area contributed by atoms with Crippen molar-refractivity contribution >= 4 is 16.9 Å². The lowest BCUT2D eigenvalue weighted by molar-refractivity contribution is -0.0844. The summed E-state index contributed by atoms with van der Waals surface area (Å²) in [5, 5.41) is 25.6. The predicted octanol–water partition coefficient (Wildman–Crippen LogP) is 3.94. The van der Waals surface area contributed by atoms with Gasteiger partial charge in [0, 0.05) is 11.6 Å². The van der Waals surface area contributed by atoms with E-state index in [0.29, 0.717) is 16.5 Å². The number of benzene rings is 2. The van der Waals surface area contributed by atoms with Gasteiger partial charge in [-0.15, -0.1) is 0 Å². The Hall–Kier alpha value is -2.97. The van der Waals surface area contributed by atoms with Crippen LogP contribution in [0.25, 0.3) is 10.9 Å². The van der Waals surface area contributed by atoms with Crippen molar-refractivity contribution in [1.82, 2.24) is 9.78 Å². The summed E-state index contributed by atoms with van der Waals surface area (Å²) in [4.78, 5) is 11.5. The number of fused-ring (bicyclic) bond motifs is 1. The number of ether oxygens (including phenoxy) is 2. The van der Waals surface area contributed by atoms with Crippen LogP contribution in [0, 0.1) is 5.82 Å². The van der Waals surface area contributed by atoms with Crippen LogP contribution in [0.2, 0.25) is 0 Å². The highest BCUT2D eigenvalue weighted by Gasteiger charge is 2.28. The molecule has 2 aromatic carbocycles. The van der Waals surface area contributed by atoms with Gasteiger partial charge >= 0.3 is 5.97 Å². The van der Waals surface area contributed by atoms with Crippen molar-refractivity contribution in [3.05, 3.63) is 59.5 Å². The van der Waals surface area contributed by atoms with Crippen molar-refractivity contribution in [2.75, 3.05) is 7.11 Å². The van der Waals surface area contributed by atoms with E-state index in [1.54, 1.807) is 23.0 Å². The molecule has 1 heterocycles. The molecular formula is C23H25FN2O5. The predicted molar refractivity (Wildman–Crippen MR) is 112 cm³/mol. The zero-order chi connectivity index (χ0) is 22.0. The first-order chi connectivity index (χ1) is 15.0. The molecule has 0 unspecified atom stereocenters. The van der Waals surface area contributed by atoms with E-state index in [1.165, 1.54) is 31.4 Å². The summed E-state index contributed by atoms with van der Waals surface area (Å²) >= 11 is 0. The number of hydrogen-bond acceptors (Lipinski definition) is 5. The summed E-state index contributed by atoms with van der Waals surface area (Å²) in [5.74, 6) is -1.51. The van der Waals surface area contributed by atoms with Crippen LogP contribution < -0.4 is 4.74 Å². The largest absolute Gasteiger partial charge is 0.494 e. The third kappa shape index (κ3) is 4.55. The molecule has 4 rings (SSSR count). The average molecular weight is 428 g/mol. The smallest absolute Gasteiger partial charge is 0.337 e. The number of nitrogens with zero attached hydrogens (tertiary/aromatic N) is 2. The van der Waals surface area contributed by atoms with Crippen LogP contribution in [0.1, 0.15) is 47.7 Å². The van der Waals surface area contributed by atoms with Crippen molar-refractivity contribution in [3.8, 4) is 5.75 Å². The van der Waals surface area contributed by atoms with Gasteiger partial charge in [-0.2, -0.15) is 5.10 Å². The molecule has 1 aromatic heterocycles. The Morgan fingerprint density at radius 1 is 1.29 bits per heavy atom. The standard InChI is InChI=1S/C23H25FN2O5/c1-30-19-11-14(9-10-18(19)24)22(27)20(31-16-6-2-3-7-16)13-26-12-15-5-4-8-17(23(28)29)21(15)25-26/h4-5,8-12,16,20,22,27H,2-3,6-7,13H2,1H3,(H,28,29)/t20-,22+/m0/s1. The number of carbonyl (C=O) groups is 1. The molecule has 8 heteroatoms. The van der Waals surface area contributed by atoms with E-state index in [0.717, 1.165) is 25.7 Å². The summed E-state index contributed by atoms with van der Waals surface area (Å²) < 4.78 is 26.7. The van der Waals surface area contributed by atoms with Crippen molar-refractivity contribution in [3.63, 3.8) is 0 Å². The Balaban J connectivity index is 1.64. The minimum absolute atomic E-state index is 0.0292. The third-order valence-corrected chi connectivity index (χ3v) is 5.72. The van der Waals surface area contributed by atoms with E-state index < -0.39 is 24.0 Å². The number of aliphatic hydroxyl groups excluding tert-OH is 1. The summed E-state index contributed by atoms with van der Waals surface area (Å²) in [6, 6.07) is 9.20. The van der Waals surface area contributed by atoms with E-state index in [4.69, 9.17) is 9.47 Å². The Labute approximate surface area is 179 Å². The first-order valence-corrected chi connectivity index (χ1v) is 10.3. The quantitative estimate of drug-likeness (QED) is 0.564. The SMILES string of the molecule is COc1cc([C@@H](O)[C@H](Cn2cc3cccc(C(=O)O)c3n2)OC2CCCC2)ccc1F. The molecule has 0 spiro atoms. The molecule has 1 fully saturated rings. The average Bonchev–Trinajstić information content (AvgIpc) is 3.42. The fourth-order valence-electron chi connectivity index (χ4n) is 4.11.